The highest BCUT2D eigenvalue weighted by atomic mass is 16.7. The summed E-state index contributed by atoms with van der Waals surface area (Å²) in [5.74, 6) is -0.846. The first-order chi connectivity index (χ1) is 25.8. The Hall–Kier alpha value is -2.04. The van der Waals surface area contributed by atoms with Crippen LogP contribution in [0.4, 0.5) is 0 Å². The molecule has 1 aliphatic rings. The molecule has 1 aliphatic heterocycles. The maximum atomic E-state index is 12.7. The zero-order valence-electron chi connectivity index (χ0n) is 33.3. The Kier molecular flexibility index (Phi) is 31.8. The lowest BCUT2D eigenvalue weighted by molar-refractivity contribution is -0.305. The number of unbranched alkanes of at least 4 members (excludes halogenated alkanes) is 19. The molecule has 4 N–H and O–H groups in total. The number of rotatable bonds is 34. The molecular formula is C43H76O10. The van der Waals surface area contributed by atoms with Crippen molar-refractivity contribution in [3.8, 4) is 0 Å². The Balaban J connectivity index is 2.39. The molecule has 0 aliphatic carbocycles. The number of aliphatic hydroxyl groups excluding tert-OH is 4. The molecule has 0 radical (unpaired) electrons. The molecule has 53 heavy (non-hydrogen) atoms. The van der Waals surface area contributed by atoms with Crippen LogP contribution >= 0.6 is 0 Å². The molecule has 1 rings (SSSR count). The molecule has 0 spiro atoms. The third kappa shape index (κ3) is 26.4. The van der Waals surface area contributed by atoms with E-state index < -0.39 is 55.4 Å². The van der Waals surface area contributed by atoms with Gasteiger partial charge in [-0.15, -0.1) is 5.73 Å². The van der Waals surface area contributed by atoms with Crippen LogP contribution in [0.25, 0.3) is 0 Å². The third-order valence-electron chi connectivity index (χ3n) is 9.58. The first kappa shape index (κ1) is 49.0. The van der Waals surface area contributed by atoms with E-state index in [2.05, 4.69) is 43.9 Å². The maximum absolute atomic E-state index is 12.7. The van der Waals surface area contributed by atoms with Gasteiger partial charge in [-0.3, -0.25) is 9.59 Å². The quantitative estimate of drug-likeness (QED) is 0.0219. The van der Waals surface area contributed by atoms with Crippen LogP contribution in [0.15, 0.2) is 30.0 Å². The first-order valence-corrected chi connectivity index (χ1v) is 21.2. The number of allylic oxidation sites excluding steroid dienone is 3. The van der Waals surface area contributed by atoms with Crippen LogP contribution in [-0.4, -0.2) is 89.0 Å². The lowest BCUT2D eigenvalue weighted by Crippen LogP contribution is -2.59. The van der Waals surface area contributed by atoms with Crippen molar-refractivity contribution >= 4 is 11.9 Å². The van der Waals surface area contributed by atoms with Gasteiger partial charge in [-0.2, -0.15) is 0 Å². The summed E-state index contributed by atoms with van der Waals surface area (Å²) in [6.45, 7) is 3.35. The highest BCUT2D eigenvalue weighted by Gasteiger charge is 2.44. The molecule has 10 heteroatoms. The van der Waals surface area contributed by atoms with Gasteiger partial charge in [0.1, 0.15) is 31.0 Å². The van der Waals surface area contributed by atoms with Gasteiger partial charge in [-0.25, -0.2) is 0 Å². The van der Waals surface area contributed by atoms with Crippen molar-refractivity contribution in [2.75, 3.05) is 19.8 Å². The molecule has 1 saturated heterocycles. The molecule has 0 amide bonds. The summed E-state index contributed by atoms with van der Waals surface area (Å²) < 4.78 is 22.1. The molecule has 308 valence electrons. The number of carbonyl (C=O) groups excluding carboxylic acids is 2. The minimum atomic E-state index is -1.60. The van der Waals surface area contributed by atoms with E-state index >= 15 is 0 Å². The predicted molar refractivity (Wildman–Crippen MR) is 209 cm³/mol. The maximum Gasteiger partial charge on any atom is 0.306 e. The fraction of sp³-hybridized carbons (Fsp3) is 0.837. The summed E-state index contributed by atoms with van der Waals surface area (Å²) in [4.78, 5) is 25.2. The fourth-order valence-corrected chi connectivity index (χ4v) is 6.16. The summed E-state index contributed by atoms with van der Waals surface area (Å²) in [6, 6.07) is 0. The Morgan fingerprint density at radius 3 is 1.68 bits per heavy atom. The smallest absolute Gasteiger partial charge is 0.306 e. The molecule has 0 saturated carbocycles. The van der Waals surface area contributed by atoms with Gasteiger partial charge in [0.05, 0.1) is 13.2 Å². The first-order valence-electron chi connectivity index (χ1n) is 21.2. The Morgan fingerprint density at radius 2 is 1.11 bits per heavy atom. The van der Waals surface area contributed by atoms with Gasteiger partial charge in [0, 0.05) is 12.8 Å². The number of aliphatic hydroxyl groups is 4. The molecule has 0 aromatic heterocycles. The van der Waals surface area contributed by atoms with E-state index in [1.807, 2.05) is 0 Å². The second-order valence-electron chi connectivity index (χ2n) is 14.5. The molecule has 1 heterocycles. The minimum Gasteiger partial charge on any atom is -0.462 e. The topological polar surface area (TPSA) is 152 Å². The summed E-state index contributed by atoms with van der Waals surface area (Å²) in [5, 5.41) is 40.0. The van der Waals surface area contributed by atoms with E-state index in [1.54, 1.807) is 0 Å². The summed E-state index contributed by atoms with van der Waals surface area (Å²) >= 11 is 0. The Bertz CT molecular complexity index is 976. The van der Waals surface area contributed by atoms with Gasteiger partial charge in [0.25, 0.3) is 0 Å². The largest absolute Gasteiger partial charge is 0.462 e. The molecule has 6 atom stereocenters. The van der Waals surface area contributed by atoms with Gasteiger partial charge >= 0.3 is 11.9 Å². The molecule has 1 fully saturated rings. The zero-order chi connectivity index (χ0) is 38.8. The standard InChI is InChI=1S/C43H76O10/c1-3-5-7-9-11-13-15-17-18-20-21-23-25-27-29-31-38(45)50-34-36(35-51-43-42(49)41(48)40(47)37(33-44)53-43)52-39(46)32-30-28-26-24-22-19-16-14-12-10-8-6-4-2/h15,18-19,22,36-37,40-44,47-49H,3-14,16,20-21,23-35H2,1-2H3/b22-19+/t17?,36-,37-,40+,41?,42?,43-/m0/s1. The number of carbonyl (C=O) groups is 2. The van der Waals surface area contributed by atoms with Crippen LogP contribution in [0.2, 0.25) is 0 Å². The van der Waals surface area contributed by atoms with Gasteiger partial charge < -0.3 is 39.4 Å². The molecule has 0 aromatic carbocycles. The number of esters is 2. The monoisotopic (exact) mass is 753 g/mol. The van der Waals surface area contributed by atoms with Gasteiger partial charge in [-0.1, -0.05) is 109 Å². The van der Waals surface area contributed by atoms with E-state index in [0.29, 0.717) is 12.8 Å². The Morgan fingerprint density at radius 1 is 0.623 bits per heavy atom. The fourth-order valence-electron chi connectivity index (χ4n) is 6.16. The highest BCUT2D eigenvalue weighted by molar-refractivity contribution is 5.70. The molecule has 2 unspecified atom stereocenters. The molecular weight excluding hydrogens is 676 g/mol. The third-order valence-corrected chi connectivity index (χ3v) is 9.58. The molecule has 10 nitrogen and oxygen atoms in total. The second-order valence-corrected chi connectivity index (χ2v) is 14.5. The molecule has 0 bridgehead atoms. The van der Waals surface area contributed by atoms with Crippen LogP contribution in [0.5, 0.6) is 0 Å². The normalized spacial score (nSPS) is 20.6. The van der Waals surface area contributed by atoms with Crippen molar-refractivity contribution in [2.24, 2.45) is 0 Å². The zero-order valence-corrected chi connectivity index (χ0v) is 33.3. The van der Waals surface area contributed by atoms with Crippen molar-refractivity contribution in [3.63, 3.8) is 0 Å². The number of hydrogen-bond acceptors (Lipinski definition) is 10. The summed E-state index contributed by atoms with van der Waals surface area (Å²) in [5.41, 5.74) is 3.29. The average Bonchev–Trinajstić information content (AvgIpc) is 3.15. The van der Waals surface area contributed by atoms with Crippen LogP contribution in [0, 0.1) is 0 Å². The summed E-state index contributed by atoms with van der Waals surface area (Å²) in [6.07, 6.45) is 26.8. The van der Waals surface area contributed by atoms with E-state index in [-0.39, 0.29) is 26.1 Å². The predicted octanol–water partition coefficient (Wildman–Crippen LogP) is 8.32. The van der Waals surface area contributed by atoms with Crippen molar-refractivity contribution in [1.29, 1.82) is 0 Å². The van der Waals surface area contributed by atoms with Crippen LogP contribution in [-0.2, 0) is 28.5 Å². The van der Waals surface area contributed by atoms with Gasteiger partial charge in [-0.05, 0) is 76.4 Å². The van der Waals surface area contributed by atoms with Crippen molar-refractivity contribution in [1.82, 2.24) is 0 Å². The average molecular weight is 753 g/mol. The van der Waals surface area contributed by atoms with Crippen LogP contribution in [0.3, 0.4) is 0 Å². The second kappa shape index (κ2) is 34.5. The minimum absolute atomic E-state index is 0.206. The summed E-state index contributed by atoms with van der Waals surface area (Å²) in [7, 11) is 0. The van der Waals surface area contributed by atoms with Gasteiger partial charge in [0.2, 0.25) is 0 Å². The van der Waals surface area contributed by atoms with E-state index in [0.717, 1.165) is 64.2 Å². The lowest BCUT2D eigenvalue weighted by Gasteiger charge is -2.39. The number of hydrogen-bond donors (Lipinski definition) is 4. The van der Waals surface area contributed by atoms with Gasteiger partial charge in [0.15, 0.2) is 12.4 Å². The lowest BCUT2D eigenvalue weighted by atomic mass is 9.99. The van der Waals surface area contributed by atoms with Crippen LogP contribution < -0.4 is 0 Å². The van der Waals surface area contributed by atoms with E-state index in [9.17, 15) is 30.0 Å². The van der Waals surface area contributed by atoms with Crippen LogP contribution in [0.1, 0.15) is 174 Å². The number of ether oxygens (including phenoxy) is 4. The van der Waals surface area contributed by atoms with Crippen molar-refractivity contribution < 1.29 is 49.0 Å². The Labute approximate surface area is 321 Å². The van der Waals surface area contributed by atoms with Crippen molar-refractivity contribution in [2.45, 2.75) is 211 Å². The SMILES string of the molecule is CCCCCCCC=C=CCCCCCCCC(=O)OC[C@@H](CO[C@H]1O[C@@H](CO)[C@@H](O)C(O)C1O)OC(=O)CCCCC/C=C/CCCCCCCC. The van der Waals surface area contributed by atoms with Crippen molar-refractivity contribution in [3.05, 3.63) is 30.0 Å². The van der Waals surface area contributed by atoms with E-state index in [1.165, 1.54) is 70.6 Å². The highest BCUT2D eigenvalue weighted by Crippen LogP contribution is 2.22. The van der Waals surface area contributed by atoms with E-state index in [4.69, 9.17) is 18.9 Å². The molecule has 0 aromatic rings.